The Morgan fingerprint density at radius 3 is 2.74 bits per heavy atom. The molecule has 2 N–H and O–H groups in total. The number of hydrogen-bond donors (Lipinski definition) is 2. The molecule has 0 unspecified atom stereocenters. The van der Waals surface area contributed by atoms with Gasteiger partial charge in [0.25, 0.3) is 5.92 Å². The van der Waals surface area contributed by atoms with E-state index in [-0.39, 0.29) is 13.0 Å². The molecular weight excluding hydrogens is 486 g/mol. The number of pyridine rings is 4. The Morgan fingerprint density at radius 1 is 0.974 bits per heavy atom. The van der Waals surface area contributed by atoms with Gasteiger partial charge in [0.15, 0.2) is 0 Å². The lowest BCUT2D eigenvalue weighted by Gasteiger charge is -2.15. The maximum absolute atomic E-state index is 13.6. The molecule has 0 atom stereocenters. The van der Waals surface area contributed by atoms with Crippen LogP contribution in [-0.4, -0.2) is 59.0 Å². The smallest absolute Gasteiger partial charge is 0.261 e. The van der Waals surface area contributed by atoms with Gasteiger partial charge in [0.2, 0.25) is 0 Å². The molecule has 1 fully saturated rings. The zero-order valence-electron chi connectivity index (χ0n) is 20.2. The molecule has 7 heterocycles. The van der Waals surface area contributed by atoms with Crippen molar-refractivity contribution in [3.05, 3.63) is 79.0 Å². The van der Waals surface area contributed by atoms with Crippen LogP contribution in [-0.2, 0) is 6.54 Å². The summed E-state index contributed by atoms with van der Waals surface area (Å²) in [5.41, 5.74) is 8.18. The first kappa shape index (κ1) is 22.6. The number of alkyl halides is 2. The van der Waals surface area contributed by atoms with Crippen LogP contribution in [0.5, 0.6) is 0 Å². The van der Waals surface area contributed by atoms with Crippen molar-refractivity contribution in [3.8, 4) is 33.8 Å². The Labute approximate surface area is 215 Å². The molecule has 0 aromatic carbocycles. The number of likely N-dealkylation sites (tertiary alicyclic amines) is 1. The number of fused-ring (bicyclic) bond motifs is 2. The molecule has 0 bridgehead atoms. The fraction of sp³-hybridized carbons (Fsp3) is 0.179. The molecule has 0 aliphatic carbocycles. The quantitative estimate of drug-likeness (QED) is 0.321. The molecule has 0 saturated carbocycles. The van der Waals surface area contributed by atoms with Crippen molar-refractivity contribution in [1.82, 2.24) is 40.0 Å². The number of nitrogens with one attached hydrogen (secondary N) is 2. The van der Waals surface area contributed by atoms with E-state index in [9.17, 15) is 8.78 Å². The third kappa shape index (κ3) is 4.08. The van der Waals surface area contributed by atoms with Crippen molar-refractivity contribution in [2.75, 3.05) is 13.1 Å². The van der Waals surface area contributed by atoms with Crippen LogP contribution in [0.15, 0.2) is 73.4 Å². The van der Waals surface area contributed by atoms with Crippen LogP contribution in [0.3, 0.4) is 0 Å². The van der Waals surface area contributed by atoms with Crippen LogP contribution in [0.4, 0.5) is 8.78 Å². The first-order valence-corrected chi connectivity index (χ1v) is 12.3. The molecular formula is C28H22F2N8. The predicted octanol–water partition coefficient (Wildman–Crippen LogP) is 5.47. The molecule has 8 nitrogen and oxygen atoms in total. The van der Waals surface area contributed by atoms with E-state index in [0.717, 1.165) is 50.2 Å². The summed E-state index contributed by atoms with van der Waals surface area (Å²) >= 11 is 0. The highest BCUT2D eigenvalue weighted by Crippen LogP contribution is 2.33. The fourth-order valence-corrected chi connectivity index (χ4v) is 5.09. The zero-order chi connectivity index (χ0) is 25.7. The average molecular weight is 509 g/mol. The molecule has 7 rings (SSSR count). The SMILES string of the molecule is FC1(F)CCN(Cc2cncc(-c3ccc4[nH]nc(-c5cc6c(-c7cccnc7)ccnc6[nH]5)c4n3)c2)C1. The van der Waals surface area contributed by atoms with Crippen LogP contribution in [0.25, 0.3) is 55.8 Å². The van der Waals surface area contributed by atoms with E-state index in [2.05, 4.69) is 30.1 Å². The third-order valence-corrected chi connectivity index (χ3v) is 6.91. The van der Waals surface area contributed by atoms with Gasteiger partial charge < -0.3 is 4.98 Å². The van der Waals surface area contributed by atoms with Gasteiger partial charge in [0.05, 0.1) is 23.4 Å². The standard InChI is InChI=1S/C28H22F2N8/c29-28(30)6-9-38(16-28)15-17-10-19(14-32-12-17)22-3-4-23-25(34-22)26(37-36-23)24-11-21-20(5-8-33-27(21)35-24)18-2-1-7-31-13-18/h1-5,7-8,10-14H,6,9,15-16H2,(H,33,35)(H,36,37). The molecule has 6 aromatic rings. The zero-order valence-corrected chi connectivity index (χ0v) is 20.2. The van der Waals surface area contributed by atoms with Crippen LogP contribution in [0.1, 0.15) is 12.0 Å². The van der Waals surface area contributed by atoms with Crippen molar-refractivity contribution in [1.29, 1.82) is 0 Å². The second-order valence-electron chi connectivity index (χ2n) is 9.61. The first-order valence-electron chi connectivity index (χ1n) is 12.3. The van der Waals surface area contributed by atoms with Crippen molar-refractivity contribution in [2.45, 2.75) is 18.9 Å². The highest BCUT2D eigenvalue weighted by atomic mass is 19.3. The Bertz CT molecular complexity index is 1780. The summed E-state index contributed by atoms with van der Waals surface area (Å²) in [4.78, 5) is 23.2. The van der Waals surface area contributed by atoms with E-state index >= 15 is 0 Å². The maximum atomic E-state index is 13.6. The molecule has 1 saturated heterocycles. The monoisotopic (exact) mass is 508 g/mol. The van der Waals surface area contributed by atoms with Gasteiger partial charge in [-0.05, 0) is 47.5 Å². The lowest BCUT2D eigenvalue weighted by molar-refractivity contribution is 0.0115. The number of aromatic nitrogens is 7. The van der Waals surface area contributed by atoms with Crippen molar-refractivity contribution < 1.29 is 8.78 Å². The molecule has 10 heteroatoms. The summed E-state index contributed by atoms with van der Waals surface area (Å²) in [6.45, 7) is 0.584. The summed E-state index contributed by atoms with van der Waals surface area (Å²) in [5, 5.41) is 8.58. The number of nitrogens with zero attached hydrogens (tertiary/aromatic N) is 6. The number of aromatic amines is 2. The third-order valence-electron chi connectivity index (χ3n) is 6.91. The predicted molar refractivity (Wildman–Crippen MR) is 140 cm³/mol. The molecule has 0 radical (unpaired) electrons. The molecule has 6 aromatic heterocycles. The van der Waals surface area contributed by atoms with Gasteiger partial charge in [0.1, 0.15) is 16.9 Å². The minimum atomic E-state index is -2.62. The van der Waals surface area contributed by atoms with Gasteiger partial charge in [-0.15, -0.1) is 0 Å². The summed E-state index contributed by atoms with van der Waals surface area (Å²) in [5.74, 6) is -2.62. The topological polar surface area (TPSA) is 99.3 Å². The highest BCUT2D eigenvalue weighted by molar-refractivity contribution is 5.98. The Kier molecular flexibility index (Phi) is 5.22. The van der Waals surface area contributed by atoms with Crippen LogP contribution in [0, 0.1) is 0 Å². The molecule has 38 heavy (non-hydrogen) atoms. The Balaban J connectivity index is 1.24. The summed E-state index contributed by atoms with van der Waals surface area (Å²) in [7, 11) is 0. The molecule has 0 amide bonds. The van der Waals surface area contributed by atoms with Gasteiger partial charge in [-0.1, -0.05) is 6.07 Å². The van der Waals surface area contributed by atoms with E-state index in [0.29, 0.717) is 24.3 Å². The van der Waals surface area contributed by atoms with Crippen LogP contribution >= 0.6 is 0 Å². The Hall–Kier alpha value is -4.57. The van der Waals surface area contributed by atoms with E-state index in [1.54, 1.807) is 29.7 Å². The molecule has 0 spiro atoms. The van der Waals surface area contributed by atoms with E-state index < -0.39 is 5.92 Å². The average Bonchev–Trinajstić information content (AvgIpc) is 3.64. The van der Waals surface area contributed by atoms with Gasteiger partial charge in [-0.3, -0.25) is 20.0 Å². The molecule has 188 valence electrons. The second kappa shape index (κ2) is 8.77. The van der Waals surface area contributed by atoms with Gasteiger partial charge in [0, 0.05) is 67.0 Å². The van der Waals surface area contributed by atoms with E-state index in [4.69, 9.17) is 4.98 Å². The second-order valence-corrected chi connectivity index (χ2v) is 9.61. The minimum absolute atomic E-state index is 0.103. The first-order chi connectivity index (χ1) is 18.5. The summed E-state index contributed by atoms with van der Waals surface area (Å²) in [6.07, 6.45) is 8.71. The van der Waals surface area contributed by atoms with Crippen molar-refractivity contribution in [2.24, 2.45) is 0 Å². The van der Waals surface area contributed by atoms with Crippen molar-refractivity contribution >= 4 is 22.1 Å². The van der Waals surface area contributed by atoms with Crippen LogP contribution < -0.4 is 0 Å². The van der Waals surface area contributed by atoms with E-state index in [1.807, 2.05) is 48.7 Å². The largest absolute Gasteiger partial charge is 0.338 e. The maximum Gasteiger partial charge on any atom is 0.261 e. The number of H-pyrrole nitrogens is 2. The number of halogens is 2. The van der Waals surface area contributed by atoms with Gasteiger partial charge >= 0.3 is 0 Å². The van der Waals surface area contributed by atoms with Crippen LogP contribution in [0.2, 0.25) is 0 Å². The number of hydrogen-bond acceptors (Lipinski definition) is 6. The summed E-state index contributed by atoms with van der Waals surface area (Å²) in [6, 6.07) is 13.7. The lowest BCUT2D eigenvalue weighted by Crippen LogP contribution is -2.24. The normalized spacial score (nSPS) is 15.5. The molecule has 1 aliphatic rings. The fourth-order valence-electron chi connectivity index (χ4n) is 5.09. The molecule has 1 aliphatic heterocycles. The van der Waals surface area contributed by atoms with Crippen molar-refractivity contribution in [3.63, 3.8) is 0 Å². The van der Waals surface area contributed by atoms with E-state index in [1.165, 1.54) is 0 Å². The van der Waals surface area contributed by atoms with Gasteiger partial charge in [-0.2, -0.15) is 5.10 Å². The lowest BCUT2D eigenvalue weighted by atomic mass is 10.1. The summed E-state index contributed by atoms with van der Waals surface area (Å²) < 4.78 is 27.3. The number of rotatable bonds is 5. The van der Waals surface area contributed by atoms with Gasteiger partial charge in [-0.25, -0.2) is 18.7 Å². The Morgan fingerprint density at radius 2 is 1.89 bits per heavy atom. The highest BCUT2D eigenvalue weighted by Gasteiger charge is 2.37. The minimum Gasteiger partial charge on any atom is -0.338 e.